The number of amides is 1. The standard InChI is InChI=1S/C53H84NO14P/c1-32-18-14-13-15-19-33(2)44(63-8)30-40-23-21-38(7)53(61,67-40)50(58)51(59)54-25-17-16-20-41(54)52(60)66-45(35(4)28-39-22-24-43(46(29-39)64-9)68-69(11,12)62)31-42(55)34(3)27-37(6)48(57)49(65-10)47(56)36(5)26-32/h13-15,18-19,27,32,34-36,38-41,43-46,48-49,57,61H,16-17,20-26,28-31H2,1-12H3/b15-13?,18-14+,33-19?,37-27+/t32-,34-,35-,36-,38-,39?,40+,41?,43-,44+,45?,46-,48-,49+,53-/m1/s1. The fourth-order valence-electron chi connectivity index (χ4n) is 10.5. The number of piperidine rings is 1. The largest absolute Gasteiger partial charge is 0.460 e. The number of nitrogens with zero attached hydrogens (tertiary/aromatic N) is 1. The second kappa shape index (κ2) is 26.5. The van der Waals surface area contributed by atoms with Crippen molar-refractivity contribution in [2.24, 2.45) is 35.5 Å². The van der Waals surface area contributed by atoms with E-state index < -0.39 is 85.1 Å². The van der Waals surface area contributed by atoms with Crippen molar-refractivity contribution >= 4 is 36.6 Å². The number of ether oxygens (including phenoxy) is 5. The van der Waals surface area contributed by atoms with Crippen molar-refractivity contribution in [2.75, 3.05) is 41.2 Å². The lowest BCUT2D eigenvalue weighted by Crippen LogP contribution is -2.61. The van der Waals surface area contributed by atoms with Crippen molar-refractivity contribution in [1.82, 2.24) is 4.90 Å². The number of esters is 1. The van der Waals surface area contributed by atoms with Gasteiger partial charge in [0.05, 0.1) is 24.4 Å². The van der Waals surface area contributed by atoms with E-state index in [0.29, 0.717) is 63.4 Å². The van der Waals surface area contributed by atoms with Crippen molar-refractivity contribution in [3.63, 3.8) is 0 Å². The monoisotopic (exact) mass is 990 g/mol. The Morgan fingerprint density at radius 1 is 0.855 bits per heavy atom. The lowest BCUT2D eigenvalue weighted by atomic mass is 9.78. The van der Waals surface area contributed by atoms with Gasteiger partial charge in [-0.1, -0.05) is 71.1 Å². The van der Waals surface area contributed by atoms with Crippen LogP contribution in [0.3, 0.4) is 0 Å². The molecule has 2 bridgehead atoms. The second-order valence-corrected chi connectivity index (χ2v) is 23.6. The molecule has 0 aromatic carbocycles. The molecular weight excluding hydrogens is 906 g/mol. The average Bonchev–Trinajstić information content (AvgIpc) is 3.30. The van der Waals surface area contributed by atoms with Crippen molar-refractivity contribution in [3.05, 3.63) is 47.6 Å². The number of carbonyl (C=O) groups is 5. The van der Waals surface area contributed by atoms with Crippen LogP contribution < -0.4 is 0 Å². The van der Waals surface area contributed by atoms with Gasteiger partial charge in [0.1, 0.15) is 30.1 Å². The number of ketones is 3. The number of carbonyl (C=O) groups excluding carboxylic acids is 5. The highest BCUT2D eigenvalue weighted by atomic mass is 31.2. The quantitative estimate of drug-likeness (QED) is 0.104. The Hall–Kier alpha value is -3.14. The first-order chi connectivity index (χ1) is 32.4. The molecule has 1 saturated carbocycles. The predicted molar refractivity (Wildman–Crippen MR) is 263 cm³/mol. The zero-order valence-electron chi connectivity index (χ0n) is 43.4. The van der Waals surface area contributed by atoms with Gasteiger partial charge in [-0.2, -0.15) is 0 Å². The maximum Gasteiger partial charge on any atom is 0.329 e. The van der Waals surface area contributed by atoms with Crippen LogP contribution >= 0.6 is 7.37 Å². The van der Waals surface area contributed by atoms with Crippen molar-refractivity contribution in [1.29, 1.82) is 0 Å². The van der Waals surface area contributed by atoms with Crippen LogP contribution in [0.2, 0.25) is 0 Å². The lowest BCUT2D eigenvalue weighted by Gasteiger charge is -2.42. The molecule has 4 aliphatic rings. The van der Waals surface area contributed by atoms with Gasteiger partial charge in [0.15, 0.2) is 13.2 Å². The number of methoxy groups -OCH3 is 3. The van der Waals surface area contributed by atoms with E-state index in [0.717, 1.165) is 12.0 Å². The summed E-state index contributed by atoms with van der Waals surface area (Å²) >= 11 is 0. The molecule has 390 valence electrons. The van der Waals surface area contributed by atoms with E-state index in [1.807, 2.05) is 58.1 Å². The zero-order valence-corrected chi connectivity index (χ0v) is 44.3. The Kier molecular flexibility index (Phi) is 22.5. The van der Waals surface area contributed by atoms with E-state index in [4.69, 9.17) is 28.2 Å². The fraction of sp³-hybridized carbons (Fsp3) is 0.755. The summed E-state index contributed by atoms with van der Waals surface area (Å²) in [6.07, 6.45) is 11.4. The highest BCUT2D eigenvalue weighted by molar-refractivity contribution is 7.57. The number of Topliss-reactive ketones (excluding diaryl/α,β-unsaturated/α-hetero) is 3. The molecule has 3 unspecified atom stereocenters. The molecule has 1 amide bonds. The smallest absolute Gasteiger partial charge is 0.329 e. The van der Waals surface area contributed by atoms with E-state index in [2.05, 4.69) is 0 Å². The van der Waals surface area contributed by atoms with Gasteiger partial charge in [-0.15, -0.1) is 0 Å². The van der Waals surface area contributed by atoms with Gasteiger partial charge >= 0.3 is 5.97 Å². The molecule has 3 fully saturated rings. The first kappa shape index (κ1) is 58.4. The Morgan fingerprint density at radius 2 is 1.57 bits per heavy atom. The molecule has 1 aliphatic carbocycles. The minimum absolute atomic E-state index is 0.0117. The van der Waals surface area contributed by atoms with Gasteiger partial charge in [-0.3, -0.25) is 23.7 Å². The number of aliphatic hydroxyl groups is 2. The molecule has 15 nitrogen and oxygen atoms in total. The first-order valence-corrected chi connectivity index (χ1v) is 27.7. The predicted octanol–water partition coefficient (Wildman–Crippen LogP) is 7.74. The normalized spacial score (nSPS) is 37.8. The molecule has 0 aromatic rings. The van der Waals surface area contributed by atoms with Crippen LogP contribution in [0.15, 0.2) is 47.6 Å². The third-order valence-corrected chi connectivity index (χ3v) is 15.6. The van der Waals surface area contributed by atoms with E-state index in [-0.39, 0.29) is 60.9 Å². The van der Waals surface area contributed by atoms with Crippen LogP contribution in [-0.4, -0.2) is 140 Å². The van der Waals surface area contributed by atoms with E-state index in [1.54, 1.807) is 54.4 Å². The summed E-state index contributed by atoms with van der Waals surface area (Å²) in [4.78, 5) is 72.2. The number of hydrogen-bond acceptors (Lipinski definition) is 14. The second-order valence-electron chi connectivity index (χ2n) is 20.9. The van der Waals surface area contributed by atoms with Crippen LogP contribution in [0.25, 0.3) is 0 Å². The number of fused-ring (bicyclic) bond motifs is 3. The summed E-state index contributed by atoms with van der Waals surface area (Å²) in [5, 5.41) is 23.5. The molecule has 3 heterocycles. The van der Waals surface area contributed by atoms with Gasteiger partial charge in [-0.25, -0.2) is 4.79 Å². The molecule has 2 saturated heterocycles. The molecule has 4 rings (SSSR count). The van der Waals surface area contributed by atoms with E-state index >= 15 is 0 Å². The van der Waals surface area contributed by atoms with Crippen molar-refractivity contribution in [3.8, 4) is 0 Å². The van der Waals surface area contributed by atoms with E-state index in [9.17, 15) is 38.8 Å². The summed E-state index contributed by atoms with van der Waals surface area (Å²) in [5.74, 6) is -8.11. The number of rotatable bonds is 8. The molecule has 69 heavy (non-hydrogen) atoms. The SMILES string of the molecule is CO[C@H]1C[C@@H]2CC[C@@H](C)[C@@](O)(O2)C(=O)C(=O)N2CCCCC2C(=O)OC([C@H](C)CC2CC[C@@H](OP(C)(C)=O)[C@H](OC)C2)CC(=O)[C@H](C)/C=C(\C)[C@@H](O)[C@@H](OC)C(=O)[C@H](C)C[C@H](C)/C=C/C=CC=C1C. The highest BCUT2D eigenvalue weighted by Gasteiger charge is 2.53. The number of cyclic esters (lactones) is 1. The van der Waals surface area contributed by atoms with Crippen molar-refractivity contribution < 1.29 is 67.0 Å². The van der Waals surface area contributed by atoms with Gasteiger partial charge in [0.2, 0.25) is 5.79 Å². The van der Waals surface area contributed by atoms with Gasteiger partial charge in [-0.05, 0) is 107 Å². The number of allylic oxidation sites excluding steroid dienone is 6. The Balaban J connectivity index is 1.70. The van der Waals surface area contributed by atoms with E-state index in [1.165, 1.54) is 12.0 Å². The number of aliphatic hydroxyl groups excluding tert-OH is 1. The van der Waals surface area contributed by atoms with Gasteiger partial charge in [0.25, 0.3) is 11.7 Å². The molecular formula is C53H84NO14P. The summed E-state index contributed by atoms with van der Waals surface area (Å²) < 4.78 is 48.2. The van der Waals surface area contributed by atoms with Gasteiger partial charge < -0.3 is 43.3 Å². The zero-order chi connectivity index (χ0) is 51.4. The maximum absolute atomic E-state index is 14.5. The summed E-state index contributed by atoms with van der Waals surface area (Å²) in [5.41, 5.74) is 1.25. The minimum Gasteiger partial charge on any atom is -0.460 e. The Morgan fingerprint density at radius 3 is 2.22 bits per heavy atom. The van der Waals surface area contributed by atoms with Crippen LogP contribution in [-0.2, 0) is 56.7 Å². The van der Waals surface area contributed by atoms with Crippen molar-refractivity contribution in [2.45, 2.75) is 180 Å². The minimum atomic E-state index is -2.79. The number of hydrogen-bond donors (Lipinski definition) is 2. The summed E-state index contributed by atoms with van der Waals surface area (Å²) in [6, 6.07) is -1.16. The molecule has 0 radical (unpaired) electrons. The Labute approximate surface area is 411 Å². The topological polar surface area (TPSA) is 201 Å². The molecule has 2 N–H and O–H groups in total. The third-order valence-electron chi connectivity index (χ3n) is 14.8. The first-order valence-electron chi connectivity index (χ1n) is 25.2. The van der Waals surface area contributed by atoms with Crippen LogP contribution in [0.5, 0.6) is 0 Å². The fourth-order valence-corrected chi connectivity index (χ4v) is 11.4. The highest BCUT2D eigenvalue weighted by Crippen LogP contribution is 2.45. The molecule has 3 aliphatic heterocycles. The molecule has 15 atom stereocenters. The molecule has 0 spiro atoms. The maximum atomic E-state index is 14.5. The third kappa shape index (κ3) is 16.2. The Bertz CT molecular complexity index is 1940. The molecule has 16 heteroatoms. The summed E-state index contributed by atoms with van der Waals surface area (Å²) in [6.45, 7) is 15.9. The van der Waals surface area contributed by atoms with Crippen LogP contribution in [0.4, 0.5) is 0 Å². The van der Waals surface area contributed by atoms with Crippen LogP contribution in [0, 0.1) is 35.5 Å². The summed E-state index contributed by atoms with van der Waals surface area (Å²) in [7, 11) is 1.76. The lowest BCUT2D eigenvalue weighted by molar-refractivity contribution is -0.265. The molecule has 0 aromatic heterocycles. The average molecular weight is 990 g/mol. The van der Waals surface area contributed by atoms with Crippen LogP contribution in [0.1, 0.15) is 126 Å². The van der Waals surface area contributed by atoms with Gasteiger partial charge in [0, 0.05) is 71.8 Å².